The van der Waals surface area contributed by atoms with Gasteiger partial charge in [0, 0.05) is 18.4 Å². The Kier molecular flexibility index (Phi) is 2.91. The van der Waals surface area contributed by atoms with Crippen molar-refractivity contribution in [1.82, 2.24) is 4.90 Å². The third-order valence-corrected chi connectivity index (χ3v) is 5.80. The first-order valence-electron chi connectivity index (χ1n) is 8.90. The molecule has 116 valence electrons. The van der Waals surface area contributed by atoms with Gasteiger partial charge < -0.3 is 4.90 Å². The topological polar surface area (TPSA) is 3.24 Å². The van der Waals surface area contributed by atoms with Crippen LogP contribution in [0.1, 0.15) is 19.3 Å². The third kappa shape index (κ3) is 2.49. The molecule has 0 aliphatic heterocycles. The summed E-state index contributed by atoms with van der Waals surface area (Å²) in [6, 6.07) is 0. The first-order valence-corrected chi connectivity index (χ1v) is 8.90. The zero-order valence-electron chi connectivity index (χ0n) is 13.7. The summed E-state index contributed by atoms with van der Waals surface area (Å²) in [4.78, 5) is 2.33. The van der Waals surface area contributed by atoms with E-state index in [2.05, 4.69) is 72.7 Å². The Morgan fingerprint density at radius 2 is 1.52 bits per heavy atom. The number of likely N-dealkylation sites (N-methyl/N-ethyl adjacent to an activating group) is 1. The maximum absolute atomic E-state index is 2.47. The molecule has 4 atom stereocenters. The first kappa shape index (κ1) is 13.4. The van der Waals surface area contributed by atoms with Crippen LogP contribution >= 0.6 is 0 Å². The zero-order valence-corrected chi connectivity index (χ0v) is 13.7. The van der Waals surface area contributed by atoms with Gasteiger partial charge in [-0.05, 0) is 66.2 Å². The largest absolute Gasteiger partial charge is 0.345 e. The summed E-state index contributed by atoms with van der Waals surface area (Å²) in [6.45, 7) is 0. The predicted octanol–water partition coefficient (Wildman–Crippen LogP) is 4.91. The number of hydrogen-bond acceptors (Lipinski definition) is 1. The van der Waals surface area contributed by atoms with Crippen molar-refractivity contribution >= 4 is 0 Å². The Hall–Kier alpha value is -2.02. The van der Waals surface area contributed by atoms with Crippen LogP contribution < -0.4 is 0 Å². The van der Waals surface area contributed by atoms with Crippen LogP contribution in [0.25, 0.3) is 0 Å². The summed E-state index contributed by atoms with van der Waals surface area (Å²) in [5, 5.41) is 0. The van der Waals surface area contributed by atoms with Gasteiger partial charge in [-0.1, -0.05) is 48.6 Å². The Morgan fingerprint density at radius 3 is 2.30 bits per heavy atom. The summed E-state index contributed by atoms with van der Waals surface area (Å²) < 4.78 is 0. The van der Waals surface area contributed by atoms with Crippen molar-refractivity contribution in [2.75, 3.05) is 7.05 Å². The molecule has 0 amide bonds. The van der Waals surface area contributed by atoms with Crippen LogP contribution in [0.4, 0.5) is 0 Å². The number of fused-ring (bicyclic) bond motifs is 2. The Bertz CT molecular complexity index is 753. The molecule has 2 fully saturated rings. The van der Waals surface area contributed by atoms with E-state index in [0.717, 1.165) is 30.1 Å². The highest BCUT2D eigenvalue weighted by Gasteiger charge is 2.36. The van der Waals surface area contributed by atoms with Crippen LogP contribution in [0.5, 0.6) is 0 Å². The van der Waals surface area contributed by atoms with E-state index in [9.17, 15) is 0 Å². The number of rotatable bonds is 3. The quantitative estimate of drug-likeness (QED) is 0.716. The summed E-state index contributed by atoms with van der Waals surface area (Å²) in [5.41, 5.74) is 5.44. The summed E-state index contributed by atoms with van der Waals surface area (Å²) in [7, 11) is 2.19. The van der Waals surface area contributed by atoms with E-state index in [-0.39, 0.29) is 0 Å². The lowest BCUT2D eigenvalue weighted by atomic mass is 9.99. The fourth-order valence-corrected chi connectivity index (χ4v) is 3.95. The molecule has 1 nitrogen and oxygen atoms in total. The summed E-state index contributed by atoms with van der Waals surface area (Å²) in [5.74, 6) is 3.28. The Morgan fingerprint density at radius 1 is 0.739 bits per heavy atom. The molecule has 0 aromatic rings. The molecule has 2 saturated carbocycles. The normalized spacial score (nSPS) is 36.0. The van der Waals surface area contributed by atoms with Gasteiger partial charge in [-0.25, -0.2) is 0 Å². The lowest BCUT2D eigenvalue weighted by Crippen LogP contribution is -2.16. The lowest BCUT2D eigenvalue weighted by Gasteiger charge is -2.23. The third-order valence-electron chi connectivity index (χ3n) is 5.80. The van der Waals surface area contributed by atoms with Crippen molar-refractivity contribution in [2.24, 2.45) is 23.7 Å². The molecule has 5 aliphatic carbocycles. The van der Waals surface area contributed by atoms with Gasteiger partial charge in [0.1, 0.15) is 0 Å². The highest BCUT2D eigenvalue weighted by atomic mass is 15.1. The molecule has 0 spiro atoms. The second kappa shape index (κ2) is 4.99. The Labute approximate surface area is 138 Å². The second-order valence-electron chi connectivity index (χ2n) is 7.48. The lowest BCUT2D eigenvalue weighted by molar-refractivity contribution is 0.544. The van der Waals surface area contributed by atoms with Crippen molar-refractivity contribution in [3.63, 3.8) is 0 Å². The SMILES string of the molecule is CN(C1=CCC=C(C2=CC3CC3C=C2)C=C1)C1=CC2CC2C=C1. The van der Waals surface area contributed by atoms with Crippen LogP contribution in [0.2, 0.25) is 0 Å². The minimum atomic E-state index is 0.797. The van der Waals surface area contributed by atoms with E-state index in [4.69, 9.17) is 0 Å². The van der Waals surface area contributed by atoms with Gasteiger partial charge in [0.2, 0.25) is 0 Å². The average molecular weight is 301 g/mol. The van der Waals surface area contributed by atoms with E-state index in [1.807, 2.05) is 0 Å². The highest BCUT2D eigenvalue weighted by molar-refractivity contribution is 5.52. The van der Waals surface area contributed by atoms with Gasteiger partial charge >= 0.3 is 0 Å². The minimum absolute atomic E-state index is 0.797. The highest BCUT2D eigenvalue weighted by Crippen LogP contribution is 2.46. The van der Waals surface area contributed by atoms with Crippen LogP contribution in [0.15, 0.2) is 83.3 Å². The molecule has 0 bridgehead atoms. The molecule has 5 rings (SSSR count). The number of hydrogen-bond donors (Lipinski definition) is 0. The van der Waals surface area contributed by atoms with Gasteiger partial charge in [0.25, 0.3) is 0 Å². The van der Waals surface area contributed by atoms with Gasteiger partial charge in [-0.2, -0.15) is 0 Å². The maximum Gasteiger partial charge on any atom is 0.0370 e. The minimum Gasteiger partial charge on any atom is -0.345 e. The molecule has 0 radical (unpaired) electrons. The van der Waals surface area contributed by atoms with E-state index in [0.29, 0.717) is 0 Å². The molecular weight excluding hydrogens is 278 g/mol. The second-order valence-corrected chi connectivity index (χ2v) is 7.48. The molecule has 4 unspecified atom stereocenters. The van der Waals surface area contributed by atoms with E-state index >= 15 is 0 Å². The zero-order chi connectivity index (χ0) is 15.4. The summed E-state index contributed by atoms with van der Waals surface area (Å²) >= 11 is 0. The van der Waals surface area contributed by atoms with Crippen molar-refractivity contribution in [3.05, 3.63) is 83.3 Å². The van der Waals surface area contributed by atoms with Crippen molar-refractivity contribution in [1.29, 1.82) is 0 Å². The average Bonchev–Trinajstić information content (AvgIpc) is 3.47. The fraction of sp³-hybridized carbons (Fsp3) is 0.364. The molecular formula is C22H23N. The van der Waals surface area contributed by atoms with Gasteiger partial charge in [-0.15, -0.1) is 0 Å². The standard InChI is InChI=1S/C22H23N/c1-23(22-10-8-18-13-20(18)14-22)21-4-2-3-15(7-9-21)16-5-6-17-12-19(17)11-16/h3-11,14,17-20H,2,12-13H2,1H3. The van der Waals surface area contributed by atoms with Crippen molar-refractivity contribution < 1.29 is 0 Å². The van der Waals surface area contributed by atoms with Crippen LogP contribution in [0, 0.1) is 23.7 Å². The molecule has 0 heterocycles. The number of nitrogens with zero attached hydrogens (tertiary/aromatic N) is 1. The summed E-state index contributed by atoms with van der Waals surface area (Å²) in [6.07, 6.45) is 27.3. The number of allylic oxidation sites excluding steroid dienone is 12. The van der Waals surface area contributed by atoms with E-state index in [1.54, 1.807) is 0 Å². The van der Waals surface area contributed by atoms with Crippen LogP contribution in [0.3, 0.4) is 0 Å². The van der Waals surface area contributed by atoms with Gasteiger partial charge in [-0.3, -0.25) is 0 Å². The van der Waals surface area contributed by atoms with Crippen molar-refractivity contribution in [3.8, 4) is 0 Å². The monoisotopic (exact) mass is 301 g/mol. The van der Waals surface area contributed by atoms with Gasteiger partial charge in [0.05, 0.1) is 0 Å². The van der Waals surface area contributed by atoms with E-state index < -0.39 is 0 Å². The van der Waals surface area contributed by atoms with Gasteiger partial charge in [0.15, 0.2) is 0 Å². The molecule has 0 N–H and O–H groups in total. The molecule has 0 aromatic heterocycles. The van der Waals surface area contributed by atoms with Crippen LogP contribution in [-0.2, 0) is 0 Å². The Balaban J connectivity index is 1.34. The van der Waals surface area contributed by atoms with Crippen molar-refractivity contribution in [2.45, 2.75) is 19.3 Å². The maximum atomic E-state index is 2.47. The molecule has 0 saturated heterocycles. The molecule has 0 aromatic carbocycles. The molecule has 1 heteroatoms. The first-order chi connectivity index (χ1) is 11.3. The fourth-order valence-electron chi connectivity index (χ4n) is 3.95. The molecule has 23 heavy (non-hydrogen) atoms. The smallest absolute Gasteiger partial charge is 0.0370 e. The van der Waals surface area contributed by atoms with E-state index in [1.165, 1.54) is 35.4 Å². The predicted molar refractivity (Wildman–Crippen MR) is 95.3 cm³/mol. The molecule has 5 aliphatic rings. The van der Waals surface area contributed by atoms with Crippen LogP contribution in [-0.4, -0.2) is 11.9 Å².